The molecule has 8 heteroatoms. The van der Waals surface area contributed by atoms with E-state index in [9.17, 15) is 27.6 Å². The largest absolute Gasteiger partial charge is 0.418 e. The van der Waals surface area contributed by atoms with E-state index < -0.39 is 35.4 Å². The number of nitrogens with one attached hydrogen (secondary N) is 2. The molecule has 2 atom stereocenters. The van der Waals surface area contributed by atoms with Crippen molar-refractivity contribution in [2.45, 2.75) is 25.4 Å². The molecule has 0 unspecified atom stereocenters. The van der Waals surface area contributed by atoms with Crippen LogP contribution in [0.25, 0.3) is 0 Å². The molecule has 0 spiro atoms. The topological polar surface area (TPSA) is 75.3 Å². The van der Waals surface area contributed by atoms with Crippen LogP contribution in [0.1, 0.15) is 24.8 Å². The number of piperidine rings is 1. The van der Waals surface area contributed by atoms with E-state index in [0.717, 1.165) is 12.1 Å². The normalized spacial score (nSPS) is 23.4. The number of Topliss-reactive ketones (excluding diaryl/α,β-unsaturated/α-hetero) is 1. The number of ketones is 1. The number of carbonyl (C=O) groups excluding carboxylic acids is 3. The molecular weight excluding hydrogens is 337 g/mol. The number of benzene rings is 1. The number of amides is 2. The van der Waals surface area contributed by atoms with E-state index >= 15 is 0 Å². The number of anilines is 1. The first-order chi connectivity index (χ1) is 11.8. The lowest BCUT2D eigenvalue weighted by atomic mass is 9.76. The summed E-state index contributed by atoms with van der Waals surface area (Å²) in [6.07, 6.45) is -2.47. The molecule has 2 aliphatic rings. The molecule has 2 N–H and O–H groups in total. The van der Waals surface area contributed by atoms with Gasteiger partial charge in [-0.15, -0.1) is 0 Å². The van der Waals surface area contributed by atoms with Crippen LogP contribution in [0.15, 0.2) is 36.0 Å². The first-order valence-electron chi connectivity index (χ1n) is 7.77. The fourth-order valence-electron chi connectivity index (χ4n) is 3.23. The number of para-hydroxylation sites is 1. The maximum Gasteiger partial charge on any atom is 0.418 e. The number of allylic oxidation sites excluding steroid dienone is 2. The van der Waals surface area contributed by atoms with Crippen LogP contribution in [0, 0.1) is 11.8 Å². The number of rotatable bonds is 2. The molecule has 0 radical (unpaired) electrons. The van der Waals surface area contributed by atoms with Crippen molar-refractivity contribution in [3.63, 3.8) is 0 Å². The number of carbonyl (C=O) groups is 3. The molecule has 0 saturated carbocycles. The SMILES string of the molecule is O=C1C[C@H](C(=O)Nc2ccccc2C(F)(F)F)[C@@H]2C(=O)CCC=C2N1. The molecule has 1 saturated heterocycles. The van der Waals surface area contributed by atoms with Gasteiger partial charge >= 0.3 is 6.18 Å². The van der Waals surface area contributed by atoms with Crippen molar-refractivity contribution < 1.29 is 27.6 Å². The van der Waals surface area contributed by atoms with Gasteiger partial charge in [0.25, 0.3) is 0 Å². The fraction of sp³-hybridized carbons (Fsp3) is 0.353. The van der Waals surface area contributed by atoms with E-state index in [2.05, 4.69) is 10.6 Å². The molecule has 0 bridgehead atoms. The monoisotopic (exact) mass is 352 g/mol. The number of hydrogen-bond donors (Lipinski definition) is 2. The minimum Gasteiger partial charge on any atom is -0.329 e. The molecule has 1 aromatic rings. The van der Waals surface area contributed by atoms with Crippen LogP contribution >= 0.6 is 0 Å². The third kappa shape index (κ3) is 3.42. The van der Waals surface area contributed by atoms with Gasteiger partial charge in [0.05, 0.1) is 23.1 Å². The van der Waals surface area contributed by atoms with Gasteiger partial charge in [0.15, 0.2) is 0 Å². The van der Waals surface area contributed by atoms with Gasteiger partial charge in [-0.1, -0.05) is 18.2 Å². The van der Waals surface area contributed by atoms with Crippen LogP contribution in [0.4, 0.5) is 18.9 Å². The van der Waals surface area contributed by atoms with E-state index in [1.807, 2.05) is 0 Å². The molecule has 1 aliphatic heterocycles. The van der Waals surface area contributed by atoms with E-state index in [1.165, 1.54) is 12.1 Å². The Morgan fingerprint density at radius 2 is 1.92 bits per heavy atom. The maximum absolute atomic E-state index is 13.1. The van der Waals surface area contributed by atoms with Gasteiger partial charge in [-0.2, -0.15) is 13.2 Å². The van der Waals surface area contributed by atoms with E-state index in [1.54, 1.807) is 6.08 Å². The molecule has 2 amide bonds. The van der Waals surface area contributed by atoms with Crippen molar-refractivity contribution in [2.24, 2.45) is 11.8 Å². The first kappa shape index (κ1) is 17.2. The zero-order valence-corrected chi connectivity index (χ0v) is 13.0. The summed E-state index contributed by atoms with van der Waals surface area (Å²) in [5, 5.41) is 4.82. The second kappa shape index (κ2) is 6.34. The van der Waals surface area contributed by atoms with Gasteiger partial charge < -0.3 is 10.6 Å². The third-order valence-corrected chi connectivity index (χ3v) is 4.36. The molecule has 1 aliphatic carbocycles. The van der Waals surface area contributed by atoms with Crippen LogP contribution < -0.4 is 10.6 Å². The molecule has 25 heavy (non-hydrogen) atoms. The van der Waals surface area contributed by atoms with Gasteiger partial charge in [0, 0.05) is 18.5 Å². The van der Waals surface area contributed by atoms with Crippen LogP contribution in [0.5, 0.6) is 0 Å². The Morgan fingerprint density at radius 1 is 1.20 bits per heavy atom. The number of fused-ring (bicyclic) bond motifs is 1. The number of hydrogen-bond acceptors (Lipinski definition) is 3. The quantitative estimate of drug-likeness (QED) is 0.859. The van der Waals surface area contributed by atoms with Gasteiger partial charge in [-0.05, 0) is 18.6 Å². The Labute approximate surface area is 141 Å². The summed E-state index contributed by atoms with van der Waals surface area (Å²) in [7, 11) is 0. The Morgan fingerprint density at radius 3 is 2.64 bits per heavy atom. The summed E-state index contributed by atoms with van der Waals surface area (Å²) in [4.78, 5) is 36.5. The first-order valence-corrected chi connectivity index (χ1v) is 7.77. The van der Waals surface area contributed by atoms with E-state index in [-0.39, 0.29) is 24.3 Å². The standard InChI is InChI=1S/C17H15F3N2O3/c18-17(19,20)10-4-1-2-5-11(10)22-16(25)9-8-14(24)21-12-6-3-7-13(23)15(9)12/h1-2,4-6,9,15H,3,7-8H2,(H,21,24)(H,22,25)/t9-,15-/m0/s1. The van der Waals surface area contributed by atoms with Gasteiger partial charge in [0.2, 0.25) is 11.8 Å². The molecule has 1 fully saturated rings. The van der Waals surface area contributed by atoms with Crippen molar-refractivity contribution >= 4 is 23.3 Å². The molecule has 132 valence electrons. The minimum absolute atomic E-state index is 0.193. The molecular formula is C17H15F3N2O3. The highest BCUT2D eigenvalue weighted by molar-refractivity contribution is 6.02. The zero-order chi connectivity index (χ0) is 18.2. The summed E-state index contributed by atoms with van der Waals surface area (Å²) in [5.74, 6) is -3.22. The zero-order valence-electron chi connectivity index (χ0n) is 13.0. The van der Waals surface area contributed by atoms with Gasteiger partial charge in [-0.25, -0.2) is 0 Å². The lowest BCUT2D eigenvalue weighted by Crippen LogP contribution is -2.48. The molecule has 5 nitrogen and oxygen atoms in total. The Balaban J connectivity index is 1.88. The van der Waals surface area contributed by atoms with Crippen molar-refractivity contribution in [1.82, 2.24) is 5.32 Å². The maximum atomic E-state index is 13.1. The average Bonchev–Trinajstić information content (AvgIpc) is 2.53. The highest BCUT2D eigenvalue weighted by atomic mass is 19.4. The summed E-state index contributed by atoms with van der Waals surface area (Å²) < 4.78 is 39.2. The van der Waals surface area contributed by atoms with Crippen LogP contribution in [-0.4, -0.2) is 17.6 Å². The van der Waals surface area contributed by atoms with E-state index in [4.69, 9.17) is 0 Å². The Hall–Kier alpha value is -2.64. The summed E-state index contributed by atoms with van der Waals surface area (Å²) in [6, 6.07) is 4.59. The van der Waals surface area contributed by atoms with Crippen LogP contribution in [0.3, 0.4) is 0 Å². The molecule has 1 heterocycles. The summed E-state index contributed by atoms with van der Waals surface area (Å²) >= 11 is 0. The fourth-order valence-corrected chi connectivity index (χ4v) is 3.23. The lowest BCUT2D eigenvalue weighted by Gasteiger charge is -2.34. The Kier molecular flexibility index (Phi) is 4.36. The predicted molar refractivity (Wildman–Crippen MR) is 82.1 cm³/mol. The third-order valence-electron chi connectivity index (χ3n) is 4.36. The highest BCUT2D eigenvalue weighted by Gasteiger charge is 2.43. The van der Waals surface area contributed by atoms with Crippen molar-refractivity contribution in [2.75, 3.05) is 5.32 Å². The Bertz CT molecular complexity index is 771. The molecule has 1 aromatic carbocycles. The molecule has 3 rings (SSSR count). The van der Waals surface area contributed by atoms with Crippen LogP contribution in [-0.2, 0) is 20.6 Å². The lowest BCUT2D eigenvalue weighted by molar-refractivity contribution is -0.138. The second-order valence-electron chi connectivity index (χ2n) is 6.03. The predicted octanol–water partition coefficient (Wildman–Crippen LogP) is 2.64. The van der Waals surface area contributed by atoms with Gasteiger partial charge in [-0.3, -0.25) is 14.4 Å². The number of halogens is 3. The summed E-state index contributed by atoms with van der Waals surface area (Å²) in [6.45, 7) is 0. The van der Waals surface area contributed by atoms with Crippen LogP contribution in [0.2, 0.25) is 0 Å². The smallest absolute Gasteiger partial charge is 0.329 e. The average molecular weight is 352 g/mol. The number of alkyl halides is 3. The van der Waals surface area contributed by atoms with Gasteiger partial charge in [0.1, 0.15) is 5.78 Å². The summed E-state index contributed by atoms with van der Waals surface area (Å²) in [5.41, 5.74) is -0.995. The van der Waals surface area contributed by atoms with Crippen molar-refractivity contribution in [3.05, 3.63) is 41.6 Å². The second-order valence-corrected chi connectivity index (χ2v) is 6.03. The highest BCUT2D eigenvalue weighted by Crippen LogP contribution is 2.37. The minimum atomic E-state index is -4.63. The van der Waals surface area contributed by atoms with Crippen molar-refractivity contribution in [1.29, 1.82) is 0 Å². The molecule has 0 aromatic heterocycles. The van der Waals surface area contributed by atoms with Crippen molar-refractivity contribution in [3.8, 4) is 0 Å². The van der Waals surface area contributed by atoms with E-state index in [0.29, 0.717) is 12.1 Å².